The Labute approximate surface area is 218 Å². The van der Waals surface area contributed by atoms with E-state index in [0.29, 0.717) is 17.9 Å². The lowest BCUT2D eigenvalue weighted by Gasteiger charge is -2.11. The van der Waals surface area contributed by atoms with Crippen LogP contribution in [0.3, 0.4) is 0 Å². The molecule has 0 saturated heterocycles. The highest BCUT2D eigenvalue weighted by molar-refractivity contribution is 5.80. The normalized spacial score (nSPS) is 11.4. The first-order chi connectivity index (χ1) is 18.6. The molecule has 194 valence electrons. The van der Waals surface area contributed by atoms with E-state index in [1.165, 1.54) is 9.13 Å². The Morgan fingerprint density at radius 1 is 0.842 bits per heavy atom. The molecule has 0 aliphatic rings. The van der Waals surface area contributed by atoms with Crippen molar-refractivity contribution in [1.82, 2.24) is 29.8 Å². The molecule has 0 aliphatic carbocycles. The van der Waals surface area contributed by atoms with Crippen LogP contribution in [0, 0.1) is 0 Å². The van der Waals surface area contributed by atoms with Gasteiger partial charge in [-0.15, -0.1) is 10.2 Å². The van der Waals surface area contributed by atoms with Crippen molar-refractivity contribution in [3.8, 4) is 22.5 Å². The Bertz CT molecular complexity index is 1540. The van der Waals surface area contributed by atoms with Crippen LogP contribution >= 0.6 is 0 Å². The summed E-state index contributed by atoms with van der Waals surface area (Å²) in [5.41, 5.74) is 4.20. The Kier molecular flexibility index (Phi) is 7.53. The highest BCUT2D eigenvalue weighted by atomic mass is 19.3. The van der Waals surface area contributed by atoms with Crippen molar-refractivity contribution in [2.75, 3.05) is 0 Å². The van der Waals surface area contributed by atoms with E-state index in [1.54, 1.807) is 0 Å². The Hall–Kier alpha value is -4.40. The van der Waals surface area contributed by atoms with E-state index in [0.717, 1.165) is 40.7 Å². The number of H-pyrrole nitrogens is 1. The largest absolute Gasteiger partial charge is 0.329 e. The molecule has 9 heteroatoms. The fourth-order valence-electron chi connectivity index (χ4n) is 4.77. The number of halogens is 2. The predicted molar refractivity (Wildman–Crippen MR) is 142 cm³/mol. The lowest BCUT2D eigenvalue weighted by molar-refractivity contribution is 0.139. The van der Waals surface area contributed by atoms with Gasteiger partial charge in [-0.05, 0) is 40.3 Å². The minimum atomic E-state index is -2.75. The minimum Gasteiger partial charge on any atom is -0.291 e. The summed E-state index contributed by atoms with van der Waals surface area (Å²) in [6.45, 7) is 2.33. The molecular weight excluding hydrogens is 486 g/mol. The summed E-state index contributed by atoms with van der Waals surface area (Å²) < 4.78 is 31.5. The number of hydrogen-bond donors (Lipinski definition) is 1. The van der Waals surface area contributed by atoms with Crippen molar-refractivity contribution in [2.45, 2.75) is 45.7 Å². The van der Waals surface area contributed by atoms with E-state index in [1.807, 2.05) is 85.8 Å². The topological polar surface area (TPSA) is 81.4 Å². The van der Waals surface area contributed by atoms with Crippen molar-refractivity contribution >= 4 is 0 Å². The van der Waals surface area contributed by atoms with Crippen molar-refractivity contribution in [3.05, 3.63) is 112 Å². The van der Waals surface area contributed by atoms with Gasteiger partial charge >= 0.3 is 5.69 Å². The summed E-state index contributed by atoms with van der Waals surface area (Å²) in [5, 5.41) is 14.3. The van der Waals surface area contributed by atoms with E-state index in [4.69, 9.17) is 0 Å². The monoisotopic (exact) mass is 514 g/mol. The molecule has 3 aromatic carbocycles. The number of tetrazole rings is 1. The van der Waals surface area contributed by atoms with Gasteiger partial charge < -0.3 is 0 Å². The maximum atomic E-state index is 14.4. The molecule has 1 N–H and O–H groups in total. The van der Waals surface area contributed by atoms with Crippen LogP contribution in [-0.4, -0.2) is 29.8 Å². The van der Waals surface area contributed by atoms with Gasteiger partial charge in [0.2, 0.25) is 5.82 Å². The zero-order chi connectivity index (χ0) is 26.5. The molecule has 0 radical (unpaired) electrons. The number of unbranched alkanes of at least 4 members (excludes halogenated alkanes) is 1. The quantitative estimate of drug-likeness (QED) is 0.253. The zero-order valence-electron chi connectivity index (χ0n) is 21.0. The summed E-state index contributed by atoms with van der Waals surface area (Å²) in [6.07, 6.45) is -0.762. The molecule has 38 heavy (non-hydrogen) atoms. The third-order valence-electron chi connectivity index (χ3n) is 6.65. The number of aromatic amines is 1. The molecular formula is C29H28F2N6O. The van der Waals surface area contributed by atoms with E-state index >= 15 is 0 Å². The molecule has 0 spiro atoms. The molecule has 2 aromatic heterocycles. The fourth-order valence-corrected chi connectivity index (χ4v) is 4.77. The molecule has 0 unspecified atom stereocenters. The van der Waals surface area contributed by atoms with Crippen molar-refractivity contribution < 1.29 is 8.78 Å². The maximum Gasteiger partial charge on any atom is 0.329 e. The molecule has 0 fully saturated rings. The third-order valence-corrected chi connectivity index (χ3v) is 6.65. The van der Waals surface area contributed by atoms with Crippen LogP contribution in [0.5, 0.6) is 0 Å². The van der Waals surface area contributed by atoms with Crippen molar-refractivity contribution in [2.24, 2.45) is 0 Å². The van der Waals surface area contributed by atoms with Crippen LogP contribution in [0.25, 0.3) is 22.5 Å². The van der Waals surface area contributed by atoms with Gasteiger partial charge in [0.05, 0.1) is 13.1 Å². The average molecular weight is 515 g/mol. The molecule has 2 heterocycles. The molecule has 0 amide bonds. The van der Waals surface area contributed by atoms with Crippen LogP contribution < -0.4 is 5.69 Å². The van der Waals surface area contributed by atoms with Crippen molar-refractivity contribution in [1.29, 1.82) is 0 Å². The van der Waals surface area contributed by atoms with Gasteiger partial charge in [-0.3, -0.25) is 9.13 Å². The molecule has 5 aromatic rings. The Balaban J connectivity index is 1.50. The molecule has 7 nitrogen and oxygen atoms in total. The Morgan fingerprint density at radius 3 is 2.16 bits per heavy atom. The first kappa shape index (κ1) is 25.3. The third kappa shape index (κ3) is 5.18. The fraction of sp³-hybridized carbons (Fsp3) is 0.241. The van der Waals surface area contributed by atoms with Crippen LogP contribution in [-0.2, 0) is 19.5 Å². The second-order valence-corrected chi connectivity index (χ2v) is 9.15. The molecule has 0 saturated carbocycles. The van der Waals surface area contributed by atoms with Gasteiger partial charge in [-0.25, -0.2) is 13.6 Å². The summed E-state index contributed by atoms with van der Waals surface area (Å²) in [5.74, 6) is 0.496. The average Bonchev–Trinajstić information content (AvgIpc) is 3.56. The van der Waals surface area contributed by atoms with E-state index in [9.17, 15) is 13.6 Å². The second kappa shape index (κ2) is 11.3. The first-order valence-electron chi connectivity index (χ1n) is 12.6. The number of imidazole rings is 1. The predicted octanol–water partition coefficient (Wildman–Crippen LogP) is 5.87. The van der Waals surface area contributed by atoms with Gasteiger partial charge in [0, 0.05) is 11.3 Å². The van der Waals surface area contributed by atoms with E-state index in [-0.39, 0.29) is 18.8 Å². The lowest BCUT2D eigenvalue weighted by atomic mass is 9.98. The van der Waals surface area contributed by atoms with Crippen LogP contribution in [0.15, 0.2) is 83.7 Å². The summed E-state index contributed by atoms with van der Waals surface area (Å²) >= 11 is 0. The first-order valence-corrected chi connectivity index (χ1v) is 12.6. The van der Waals surface area contributed by atoms with Gasteiger partial charge in [0.25, 0.3) is 6.43 Å². The molecule has 0 aliphatic heterocycles. The number of hydrogen-bond acceptors (Lipinski definition) is 4. The number of benzene rings is 3. The highest BCUT2D eigenvalue weighted by Crippen LogP contribution is 2.30. The van der Waals surface area contributed by atoms with Crippen molar-refractivity contribution in [3.63, 3.8) is 0 Å². The van der Waals surface area contributed by atoms with Crippen LogP contribution in [0.1, 0.15) is 48.7 Å². The van der Waals surface area contributed by atoms with E-state index in [2.05, 4.69) is 20.6 Å². The number of nitrogens with one attached hydrogen (secondary N) is 1. The number of alkyl halides is 2. The number of rotatable bonds is 10. The van der Waals surface area contributed by atoms with Gasteiger partial charge in [0.1, 0.15) is 5.69 Å². The molecule has 5 rings (SSSR count). The lowest BCUT2D eigenvalue weighted by Crippen LogP contribution is -2.26. The van der Waals surface area contributed by atoms with Crippen LogP contribution in [0.2, 0.25) is 0 Å². The standard InChI is InChI=1S/C29H28F2N6O/c1-2-3-13-25-26(27(30)31)37(19-20-9-5-4-6-10-20)29(38)36(25)18-21-14-16-22(17-15-21)23-11-7-8-12-24(23)28-32-34-35-33-28/h4-12,14-17,27H,2-3,13,18-19H2,1H3,(H,32,33,34,35). The molecule has 0 atom stereocenters. The van der Waals surface area contributed by atoms with Gasteiger partial charge in [-0.1, -0.05) is 92.2 Å². The molecule has 0 bridgehead atoms. The second-order valence-electron chi connectivity index (χ2n) is 9.15. The smallest absolute Gasteiger partial charge is 0.291 e. The summed E-state index contributed by atoms with van der Waals surface area (Å²) in [6, 6.07) is 24.8. The Morgan fingerprint density at radius 2 is 1.50 bits per heavy atom. The zero-order valence-corrected chi connectivity index (χ0v) is 21.0. The summed E-state index contributed by atoms with van der Waals surface area (Å²) in [4.78, 5) is 13.5. The minimum absolute atomic E-state index is 0.108. The SMILES string of the molecule is CCCCc1c(C(F)F)n(Cc2ccccc2)c(=O)n1Cc1ccc(-c2ccccc2-c2nn[nH]n2)cc1. The number of nitrogens with zero attached hydrogens (tertiary/aromatic N) is 5. The van der Waals surface area contributed by atoms with Gasteiger partial charge in [-0.2, -0.15) is 5.21 Å². The number of aromatic nitrogens is 6. The van der Waals surface area contributed by atoms with Gasteiger partial charge in [0.15, 0.2) is 0 Å². The highest BCUT2D eigenvalue weighted by Gasteiger charge is 2.26. The van der Waals surface area contributed by atoms with Crippen LogP contribution in [0.4, 0.5) is 8.78 Å². The van der Waals surface area contributed by atoms with E-state index < -0.39 is 12.1 Å². The maximum absolute atomic E-state index is 14.4. The summed E-state index contributed by atoms with van der Waals surface area (Å²) in [7, 11) is 0.